The highest BCUT2D eigenvalue weighted by Gasteiger charge is 1.97. The summed E-state index contributed by atoms with van der Waals surface area (Å²) in [5, 5.41) is 3.37. The first-order valence-corrected chi connectivity index (χ1v) is 6.49. The first kappa shape index (κ1) is 14.2. The second-order valence-corrected chi connectivity index (χ2v) is 4.38. The molecule has 5 heteroatoms. The summed E-state index contributed by atoms with van der Waals surface area (Å²) in [5.74, 6) is 1.16. The molecule has 0 saturated heterocycles. The number of amides is 1. The molecule has 104 valence electrons. The van der Waals surface area contributed by atoms with Crippen LogP contribution in [-0.4, -0.2) is 19.1 Å². The van der Waals surface area contributed by atoms with E-state index in [-0.39, 0.29) is 5.91 Å². The first-order valence-electron chi connectivity index (χ1n) is 6.12. The topological polar surface area (TPSA) is 51.5 Å². The molecule has 0 aliphatic carbocycles. The smallest absolute Gasteiger partial charge is 0.244 e. The fourth-order valence-electron chi connectivity index (χ4n) is 1.48. The van der Waals surface area contributed by atoms with Gasteiger partial charge in [-0.05, 0) is 42.5 Å². The molecule has 0 radical (unpaired) electrons. The normalized spacial score (nSPS) is 10.7. The molecule has 20 heavy (non-hydrogen) atoms. The zero-order valence-electron chi connectivity index (χ0n) is 10.7. The third-order valence-electron chi connectivity index (χ3n) is 2.43. The third kappa shape index (κ3) is 4.82. The minimum atomic E-state index is -0.193. The maximum absolute atomic E-state index is 11.5. The molecule has 1 N–H and O–H groups in total. The minimum Gasteiger partial charge on any atom is -0.492 e. The van der Waals surface area contributed by atoms with Crippen LogP contribution in [0, 0.1) is 0 Å². The van der Waals surface area contributed by atoms with Gasteiger partial charge in [0.05, 0.1) is 12.8 Å². The highest BCUT2D eigenvalue weighted by Crippen LogP contribution is 2.15. The van der Waals surface area contributed by atoms with Crippen molar-refractivity contribution >= 4 is 23.6 Å². The number of carbonyl (C=O) groups excluding carboxylic acids is 1. The van der Waals surface area contributed by atoms with Crippen molar-refractivity contribution in [2.45, 2.75) is 0 Å². The van der Waals surface area contributed by atoms with Gasteiger partial charge in [0.15, 0.2) is 0 Å². The van der Waals surface area contributed by atoms with E-state index in [1.54, 1.807) is 48.7 Å². The Labute approximate surface area is 122 Å². The Balaban J connectivity index is 1.65. The van der Waals surface area contributed by atoms with Crippen LogP contribution >= 0.6 is 11.6 Å². The molecule has 4 nitrogen and oxygen atoms in total. The van der Waals surface area contributed by atoms with Crippen LogP contribution in [0.4, 0.5) is 0 Å². The second kappa shape index (κ2) is 7.40. The Morgan fingerprint density at radius 3 is 2.80 bits per heavy atom. The standard InChI is InChI=1S/C15H14ClNO3/c16-12-3-5-14(6-4-12)20-11-9-17-15(18)8-7-13-2-1-10-19-13/h1-8,10H,9,11H2,(H,17,18). The summed E-state index contributed by atoms with van der Waals surface area (Å²) < 4.78 is 10.5. The van der Waals surface area contributed by atoms with Crippen molar-refractivity contribution in [2.75, 3.05) is 13.2 Å². The van der Waals surface area contributed by atoms with Crippen molar-refractivity contribution in [3.05, 3.63) is 59.5 Å². The molecule has 0 unspecified atom stereocenters. The number of furan rings is 1. The summed E-state index contributed by atoms with van der Waals surface area (Å²) in [7, 11) is 0. The molecule has 0 fully saturated rings. The maximum atomic E-state index is 11.5. The number of nitrogens with one attached hydrogen (secondary N) is 1. The largest absolute Gasteiger partial charge is 0.492 e. The van der Waals surface area contributed by atoms with Gasteiger partial charge in [-0.3, -0.25) is 4.79 Å². The highest BCUT2D eigenvalue weighted by atomic mass is 35.5. The van der Waals surface area contributed by atoms with Crippen LogP contribution in [0.2, 0.25) is 5.02 Å². The number of halogens is 1. The van der Waals surface area contributed by atoms with Gasteiger partial charge >= 0.3 is 0 Å². The molecular formula is C15H14ClNO3. The summed E-state index contributed by atoms with van der Waals surface area (Å²) in [5.41, 5.74) is 0. The van der Waals surface area contributed by atoms with Crippen LogP contribution in [0.25, 0.3) is 6.08 Å². The van der Waals surface area contributed by atoms with Gasteiger partial charge in [0.2, 0.25) is 5.91 Å². The summed E-state index contributed by atoms with van der Waals surface area (Å²) in [6, 6.07) is 10.6. The van der Waals surface area contributed by atoms with Crippen LogP contribution in [0.5, 0.6) is 5.75 Å². The zero-order valence-corrected chi connectivity index (χ0v) is 11.5. The monoisotopic (exact) mass is 291 g/mol. The Hall–Kier alpha value is -2.20. The van der Waals surface area contributed by atoms with E-state index in [0.717, 1.165) is 5.75 Å². The van der Waals surface area contributed by atoms with Gasteiger partial charge in [-0.1, -0.05) is 11.6 Å². The number of ether oxygens (including phenoxy) is 1. The van der Waals surface area contributed by atoms with E-state index < -0.39 is 0 Å². The minimum absolute atomic E-state index is 0.193. The van der Waals surface area contributed by atoms with Gasteiger partial charge in [-0.15, -0.1) is 0 Å². The molecule has 1 aromatic carbocycles. The molecule has 0 aliphatic rings. The van der Waals surface area contributed by atoms with Crippen molar-refractivity contribution in [1.29, 1.82) is 0 Å². The van der Waals surface area contributed by atoms with E-state index >= 15 is 0 Å². The zero-order chi connectivity index (χ0) is 14.2. The van der Waals surface area contributed by atoms with Crippen molar-refractivity contribution in [3.63, 3.8) is 0 Å². The summed E-state index contributed by atoms with van der Waals surface area (Å²) in [6.07, 6.45) is 4.58. The van der Waals surface area contributed by atoms with Crippen molar-refractivity contribution in [1.82, 2.24) is 5.32 Å². The van der Waals surface area contributed by atoms with Gasteiger partial charge in [0.1, 0.15) is 18.1 Å². The van der Waals surface area contributed by atoms with Crippen LogP contribution < -0.4 is 10.1 Å². The van der Waals surface area contributed by atoms with Crippen molar-refractivity contribution in [3.8, 4) is 5.75 Å². The molecule has 1 heterocycles. The highest BCUT2D eigenvalue weighted by molar-refractivity contribution is 6.30. The van der Waals surface area contributed by atoms with Crippen molar-refractivity contribution < 1.29 is 13.9 Å². The fourth-order valence-corrected chi connectivity index (χ4v) is 1.60. The predicted octanol–water partition coefficient (Wildman–Crippen LogP) is 3.14. The molecule has 1 aromatic heterocycles. The van der Waals surface area contributed by atoms with Crippen LogP contribution in [-0.2, 0) is 4.79 Å². The first-order chi connectivity index (χ1) is 9.74. The van der Waals surface area contributed by atoms with Gasteiger partial charge in [0.25, 0.3) is 0 Å². The van der Waals surface area contributed by atoms with Gasteiger partial charge in [0, 0.05) is 11.1 Å². The van der Waals surface area contributed by atoms with E-state index in [2.05, 4.69) is 5.32 Å². The van der Waals surface area contributed by atoms with E-state index in [0.29, 0.717) is 23.9 Å². The average molecular weight is 292 g/mol. The molecule has 0 spiro atoms. The Bertz CT molecular complexity index is 561. The van der Waals surface area contributed by atoms with Gasteiger partial charge < -0.3 is 14.5 Å². The van der Waals surface area contributed by atoms with E-state index in [4.69, 9.17) is 20.8 Å². The summed E-state index contributed by atoms with van der Waals surface area (Å²) >= 11 is 5.76. The van der Waals surface area contributed by atoms with E-state index in [1.807, 2.05) is 0 Å². The lowest BCUT2D eigenvalue weighted by Crippen LogP contribution is -2.26. The van der Waals surface area contributed by atoms with E-state index in [1.165, 1.54) is 6.08 Å². The Kier molecular flexibility index (Phi) is 5.26. The van der Waals surface area contributed by atoms with Crippen LogP contribution in [0.15, 0.2) is 53.2 Å². The Morgan fingerprint density at radius 2 is 2.10 bits per heavy atom. The van der Waals surface area contributed by atoms with E-state index in [9.17, 15) is 4.79 Å². The number of rotatable bonds is 6. The predicted molar refractivity (Wildman–Crippen MR) is 77.7 cm³/mol. The lowest BCUT2D eigenvalue weighted by atomic mass is 10.3. The van der Waals surface area contributed by atoms with Crippen LogP contribution in [0.1, 0.15) is 5.76 Å². The number of hydrogen-bond acceptors (Lipinski definition) is 3. The molecule has 2 rings (SSSR count). The molecule has 0 atom stereocenters. The Morgan fingerprint density at radius 1 is 1.30 bits per heavy atom. The van der Waals surface area contributed by atoms with Crippen LogP contribution in [0.3, 0.4) is 0 Å². The summed E-state index contributed by atoms with van der Waals surface area (Å²) in [6.45, 7) is 0.811. The lowest BCUT2D eigenvalue weighted by Gasteiger charge is -2.06. The summed E-state index contributed by atoms with van der Waals surface area (Å²) in [4.78, 5) is 11.5. The average Bonchev–Trinajstić information content (AvgIpc) is 2.96. The van der Waals surface area contributed by atoms with Crippen molar-refractivity contribution in [2.24, 2.45) is 0 Å². The molecule has 0 bridgehead atoms. The van der Waals surface area contributed by atoms with Gasteiger partial charge in [-0.25, -0.2) is 0 Å². The fraction of sp³-hybridized carbons (Fsp3) is 0.133. The van der Waals surface area contributed by atoms with Gasteiger partial charge in [-0.2, -0.15) is 0 Å². The molecule has 2 aromatic rings. The lowest BCUT2D eigenvalue weighted by molar-refractivity contribution is -0.116. The third-order valence-corrected chi connectivity index (χ3v) is 2.68. The molecule has 0 aliphatic heterocycles. The molecular weight excluding hydrogens is 278 g/mol. The SMILES string of the molecule is O=C(C=Cc1ccco1)NCCOc1ccc(Cl)cc1. The molecule has 0 saturated carbocycles. The molecule has 1 amide bonds. The number of carbonyl (C=O) groups is 1. The quantitative estimate of drug-likeness (QED) is 0.657. The number of hydrogen-bond donors (Lipinski definition) is 1. The second-order valence-electron chi connectivity index (χ2n) is 3.94. The maximum Gasteiger partial charge on any atom is 0.244 e. The number of benzene rings is 1.